The summed E-state index contributed by atoms with van der Waals surface area (Å²) >= 11 is -0.826. The molecule has 0 atom stereocenters. The Hall–Kier alpha value is -2.22. The summed E-state index contributed by atoms with van der Waals surface area (Å²) in [6, 6.07) is 33.1. The zero-order chi connectivity index (χ0) is 43.9. The molecule has 0 heterocycles. The average molecular weight is 911 g/mol. The molecule has 0 N–H and O–H groups in total. The van der Waals surface area contributed by atoms with Crippen molar-refractivity contribution in [3.05, 3.63) is 129 Å². The molecule has 58 heavy (non-hydrogen) atoms. The Morgan fingerprint density at radius 3 is 0.966 bits per heavy atom. The van der Waals surface area contributed by atoms with Crippen LogP contribution in [-0.4, -0.2) is 9.52 Å². The standard InChI is InChI=1S/2C26H33.C2H6Si.2ClH.Zr/c2*1-16(2)20-11-21(17(3)4)13-22(12-20)25-18(5)9-10-19-14-23(15-24(19)25)26(6,7)8;1-3-2;;;/h2*9-17H,1-8H3;1-2H3;2*1H;/q2*-1;;;;+4/p-2. The first kappa shape index (κ1) is 50.1. The zero-order valence-corrected chi connectivity index (χ0v) is 44.1. The zero-order valence-electron chi connectivity index (χ0n) is 39.1. The van der Waals surface area contributed by atoms with Crippen LogP contribution >= 0.6 is 17.0 Å². The second-order valence-corrected chi connectivity index (χ2v) is 24.2. The van der Waals surface area contributed by atoms with Gasteiger partial charge in [-0.25, -0.2) is 0 Å². The van der Waals surface area contributed by atoms with Gasteiger partial charge in [0.25, 0.3) is 0 Å². The van der Waals surface area contributed by atoms with Gasteiger partial charge in [-0.15, -0.1) is 69.1 Å². The van der Waals surface area contributed by atoms with Crippen LogP contribution in [-0.2, 0) is 31.7 Å². The first-order valence-corrected chi connectivity index (χ1v) is 29.6. The molecule has 0 fully saturated rings. The topological polar surface area (TPSA) is 0 Å². The van der Waals surface area contributed by atoms with Gasteiger partial charge in [0.1, 0.15) is 0 Å². The summed E-state index contributed by atoms with van der Waals surface area (Å²) in [4.78, 5) is 0. The van der Waals surface area contributed by atoms with Crippen LogP contribution in [0, 0.1) is 13.8 Å². The van der Waals surface area contributed by atoms with E-state index >= 15 is 0 Å². The van der Waals surface area contributed by atoms with Gasteiger partial charge in [-0.2, -0.15) is 12.1 Å². The predicted octanol–water partition coefficient (Wildman–Crippen LogP) is 18.3. The minimum absolute atomic E-state index is 0.174. The SMILES string of the molecule is C[Si]C.Cc1ccc2[cH-]c(C(C)(C)C)cc2c1-c1cc(C(C)C)cc(C(C)C)c1.Cc1ccc2[cH-]c(C(C)(C)C)cc2c1-c1cc(C(C)C)cc(C(C)C)c1.[Cl][Zr+2][Cl]. The van der Waals surface area contributed by atoms with Gasteiger partial charge < -0.3 is 0 Å². The van der Waals surface area contributed by atoms with E-state index in [1.807, 2.05) is 0 Å². The number of halogens is 2. The molecule has 310 valence electrons. The van der Waals surface area contributed by atoms with Crippen molar-refractivity contribution in [2.45, 2.75) is 158 Å². The summed E-state index contributed by atoms with van der Waals surface area (Å²) in [6.07, 6.45) is 0. The Morgan fingerprint density at radius 2 is 0.741 bits per heavy atom. The van der Waals surface area contributed by atoms with E-state index < -0.39 is 20.8 Å². The molecule has 0 saturated heterocycles. The normalized spacial score (nSPS) is 11.7. The Balaban J connectivity index is 0.000000273. The molecule has 0 aliphatic heterocycles. The fourth-order valence-electron chi connectivity index (χ4n) is 7.39. The monoisotopic (exact) mass is 908 g/mol. The van der Waals surface area contributed by atoms with Crippen molar-refractivity contribution < 1.29 is 20.8 Å². The number of hydrogen-bond acceptors (Lipinski definition) is 0. The van der Waals surface area contributed by atoms with Gasteiger partial charge in [-0.3, -0.25) is 0 Å². The Labute approximate surface area is 376 Å². The van der Waals surface area contributed by atoms with Crippen molar-refractivity contribution in [3.63, 3.8) is 0 Å². The second kappa shape index (κ2) is 21.5. The van der Waals surface area contributed by atoms with E-state index in [2.05, 4.69) is 209 Å². The van der Waals surface area contributed by atoms with Gasteiger partial charge in [0, 0.05) is 9.52 Å². The van der Waals surface area contributed by atoms with Gasteiger partial charge in [0.15, 0.2) is 0 Å². The van der Waals surface area contributed by atoms with Crippen LogP contribution in [0.25, 0.3) is 43.8 Å². The maximum atomic E-state index is 4.93. The molecule has 6 rings (SSSR count). The Kier molecular flexibility index (Phi) is 18.6. The summed E-state index contributed by atoms with van der Waals surface area (Å²) in [6.45, 7) is 40.9. The van der Waals surface area contributed by atoms with Gasteiger partial charge in [0.2, 0.25) is 0 Å². The van der Waals surface area contributed by atoms with Crippen LogP contribution in [0.5, 0.6) is 0 Å². The van der Waals surface area contributed by atoms with E-state index in [9.17, 15) is 0 Å². The molecule has 4 heteroatoms. The minimum atomic E-state index is -0.826. The second-order valence-electron chi connectivity index (χ2n) is 19.5. The molecular formula is C54H72Cl2SiZr. The van der Waals surface area contributed by atoms with E-state index in [0.29, 0.717) is 23.7 Å². The van der Waals surface area contributed by atoms with Gasteiger partial charge in [-0.05, 0) is 81.7 Å². The van der Waals surface area contributed by atoms with E-state index in [4.69, 9.17) is 17.0 Å². The molecule has 6 aromatic carbocycles. The van der Waals surface area contributed by atoms with Crippen LogP contribution < -0.4 is 0 Å². The Bertz CT molecular complexity index is 2020. The molecule has 0 amide bonds. The molecule has 2 radical (unpaired) electrons. The molecular weight excluding hydrogens is 839 g/mol. The first-order chi connectivity index (χ1) is 27.0. The van der Waals surface area contributed by atoms with Crippen molar-refractivity contribution in [2.75, 3.05) is 0 Å². The van der Waals surface area contributed by atoms with Gasteiger partial charge in [-0.1, -0.05) is 169 Å². The molecule has 0 spiro atoms. The van der Waals surface area contributed by atoms with E-state index in [1.54, 1.807) is 0 Å². The van der Waals surface area contributed by atoms with Crippen molar-refractivity contribution in [2.24, 2.45) is 0 Å². The van der Waals surface area contributed by atoms with Crippen LogP contribution in [0.15, 0.2) is 84.9 Å². The Morgan fingerprint density at radius 1 is 0.483 bits per heavy atom. The number of aryl methyl sites for hydroxylation is 2. The van der Waals surface area contributed by atoms with Crippen LogP contribution in [0.2, 0.25) is 13.1 Å². The quantitative estimate of drug-likeness (QED) is 0.115. The third kappa shape index (κ3) is 12.9. The van der Waals surface area contributed by atoms with E-state index in [-0.39, 0.29) is 10.8 Å². The molecule has 0 aliphatic rings. The predicted molar refractivity (Wildman–Crippen MR) is 262 cm³/mol. The average Bonchev–Trinajstić information content (AvgIpc) is 3.78. The summed E-state index contributed by atoms with van der Waals surface area (Å²) in [5.74, 6) is 2.15. The molecule has 0 saturated carbocycles. The van der Waals surface area contributed by atoms with E-state index in [0.717, 1.165) is 9.52 Å². The first-order valence-electron chi connectivity index (χ1n) is 21.2. The summed E-state index contributed by atoms with van der Waals surface area (Å²) < 4.78 is 0. The molecule has 6 aromatic rings. The molecule has 0 aromatic heterocycles. The van der Waals surface area contributed by atoms with Crippen LogP contribution in [0.4, 0.5) is 0 Å². The molecule has 0 aliphatic carbocycles. The van der Waals surface area contributed by atoms with Crippen molar-refractivity contribution in [1.29, 1.82) is 0 Å². The molecule has 0 nitrogen and oxygen atoms in total. The number of rotatable bonds is 6. The van der Waals surface area contributed by atoms with Crippen LogP contribution in [0.3, 0.4) is 0 Å². The summed E-state index contributed by atoms with van der Waals surface area (Å²) in [7, 11) is 11.0. The molecule has 0 unspecified atom stereocenters. The number of fused-ring (bicyclic) bond motifs is 2. The number of hydrogen-bond donors (Lipinski definition) is 0. The third-order valence-corrected chi connectivity index (χ3v) is 11.1. The van der Waals surface area contributed by atoms with Crippen LogP contribution in [0.1, 0.15) is 165 Å². The van der Waals surface area contributed by atoms with Crippen molar-refractivity contribution in [1.82, 2.24) is 0 Å². The van der Waals surface area contributed by atoms with Gasteiger partial charge >= 0.3 is 37.9 Å². The fraction of sp³-hybridized carbons (Fsp3) is 0.444. The van der Waals surface area contributed by atoms with E-state index in [1.165, 1.54) is 88.3 Å². The number of benzene rings is 4. The maximum absolute atomic E-state index is 4.93. The third-order valence-electron chi connectivity index (χ3n) is 11.1. The van der Waals surface area contributed by atoms with Crippen molar-refractivity contribution >= 4 is 48.1 Å². The molecule has 0 bridgehead atoms. The van der Waals surface area contributed by atoms with Gasteiger partial charge in [0.05, 0.1) is 0 Å². The fourth-order valence-corrected chi connectivity index (χ4v) is 7.39. The summed E-state index contributed by atoms with van der Waals surface area (Å²) in [5, 5.41) is 5.50. The van der Waals surface area contributed by atoms with Crippen molar-refractivity contribution in [3.8, 4) is 22.3 Å². The summed E-state index contributed by atoms with van der Waals surface area (Å²) in [5.41, 5.74) is 17.2.